The molecule has 2 N–H and O–H groups in total. The van der Waals surface area contributed by atoms with Crippen LogP contribution in [0.15, 0.2) is 22.6 Å². The van der Waals surface area contributed by atoms with Crippen molar-refractivity contribution in [3.8, 4) is 0 Å². The molecule has 0 aliphatic heterocycles. The highest BCUT2D eigenvalue weighted by Crippen LogP contribution is 2.19. The smallest absolute Gasteiger partial charge is 0.305 e. The van der Waals surface area contributed by atoms with Gasteiger partial charge in [0.15, 0.2) is 5.58 Å². The van der Waals surface area contributed by atoms with E-state index in [9.17, 15) is 4.79 Å². The molecule has 0 radical (unpaired) electrons. The Balaban J connectivity index is 2.16. The summed E-state index contributed by atoms with van der Waals surface area (Å²) >= 11 is 0. The van der Waals surface area contributed by atoms with Crippen LogP contribution in [0.4, 0.5) is 6.01 Å². The number of nitrogens with two attached hydrogens (primary N) is 1. The van der Waals surface area contributed by atoms with Gasteiger partial charge in [0.2, 0.25) is 0 Å². The van der Waals surface area contributed by atoms with Crippen molar-refractivity contribution in [2.24, 2.45) is 0 Å². The van der Waals surface area contributed by atoms with Gasteiger partial charge >= 0.3 is 5.97 Å². The molecule has 5 nitrogen and oxygen atoms in total. The lowest BCUT2D eigenvalue weighted by molar-refractivity contribution is -0.140. The summed E-state index contributed by atoms with van der Waals surface area (Å²) in [5, 5.41) is 0. The van der Waals surface area contributed by atoms with Crippen molar-refractivity contribution in [3.63, 3.8) is 0 Å². The highest BCUT2D eigenvalue weighted by atomic mass is 16.5. The second-order valence-corrected chi connectivity index (χ2v) is 3.43. The maximum absolute atomic E-state index is 11.0. The molecule has 0 saturated heterocycles. The number of benzene rings is 1. The minimum Gasteiger partial charge on any atom is -0.469 e. The van der Waals surface area contributed by atoms with Gasteiger partial charge in [-0.3, -0.25) is 4.79 Å². The standard InChI is InChI=1S/C11H12N2O3/c1-15-10(14)5-3-7-2-4-8-9(6-7)16-11(12)13-8/h2,4,6H,3,5H2,1H3,(H2,12,13). The van der Waals surface area contributed by atoms with E-state index in [4.69, 9.17) is 10.2 Å². The molecule has 1 aromatic carbocycles. The number of ether oxygens (including phenoxy) is 1. The maximum Gasteiger partial charge on any atom is 0.305 e. The van der Waals surface area contributed by atoms with E-state index in [0.29, 0.717) is 18.4 Å². The lowest BCUT2D eigenvalue weighted by Gasteiger charge is -1.99. The molecule has 16 heavy (non-hydrogen) atoms. The van der Waals surface area contributed by atoms with E-state index in [2.05, 4.69) is 9.72 Å². The molecule has 0 amide bonds. The third-order valence-electron chi connectivity index (χ3n) is 2.31. The van der Waals surface area contributed by atoms with Gasteiger partial charge in [0.1, 0.15) is 5.52 Å². The minimum absolute atomic E-state index is 0.153. The zero-order valence-electron chi connectivity index (χ0n) is 8.90. The Morgan fingerprint density at radius 2 is 2.38 bits per heavy atom. The number of carbonyl (C=O) groups is 1. The summed E-state index contributed by atoms with van der Waals surface area (Å²) in [6, 6.07) is 5.71. The van der Waals surface area contributed by atoms with Crippen LogP contribution in [0.5, 0.6) is 0 Å². The van der Waals surface area contributed by atoms with Gasteiger partial charge < -0.3 is 14.9 Å². The van der Waals surface area contributed by atoms with E-state index in [-0.39, 0.29) is 12.0 Å². The van der Waals surface area contributed by atoms with Crippen molar-refractivity contribution in [3.05, 3.63) is 23.8 Å². The predicted octanol–water partition coefficient (Wildman–Crippen LogP) is 1.52. The number of methoxy groups -OCH3 is 1. The fourth-order valence-corrected chi connectivity index (χ4v) is 1.49. The van der Waals surface area contributed by atoms with Crippen molar-refractivity contribution in [1.82, 2.24) is 4.98 Å². The summed E-state index contributed by atoms with van der Waals surface area (Å²) in [6.45, 7) is 0. The minimum atomic E-state index is -0.225. The van der Waals surface area contributed by atoms with Crippen LogP contribution in [0.3, 0.4) is 0 Å². The second kappa shape index (κ2) is 4.22. The summed E-state index contributed by atoms with van der Waals surface area (Å²) in [7, 11) is 1.38. The molecule has 0 aliphatic carbocycles. The number of esters is 1. The van der Waals surface area contributed by atoms with Crippen molar-refractivity contribution in [2.45, 2.75) is 12.8 Å². The monoisotopic (exact) mass is 220 g/mol. The number of carbonyl (C=O) groups excluding carboxylic acids is 1. The molecule has 1 heterocycles. The third kappa shape index (κ3) is 2.13. The van der Waals surface area contributed by atoms with E-state index >= 15 is 0 Å². The van der Waals surface area contributed by atoms with Crippen LogP contribution in [0.25, 0.3) is 11.1 Å². The van der Waals surface area contributed by atoms with Crippen LogP contribution in [0, 0.1) is 0 Å². The van der Waals surface area contributed by atoms with Crippen molar-refractivity contribution in [2.75, 3.05) is 12.8 Å². The van der Waals surface area contributed by atoms with Gasteiger partial charge in [0, 0.05) is 6.42 Å². The summed E-state index contributed by atoms with van der Waals surface area (Å²) < 4.78 is 9.76. The van der Waals surface area contributed by atoms with Crippen molar-refractivity contribution < 1.29 is 13.9 Å². The molecule has 1 aromatic heterocycles. The van der Waals surface area contributed by atoms with Gasteiger partial charge in [-0.2, -0.15) is 4.98 Å². The van der Waals surface area contributed by atoms with Gasteiger partial charge in [-0.1, -0.05) is 6.07 Å². The van der Waals surface area contributed by atoms with Gasteiger partial charge in [-0.15, -0.1) is 0 Å². The largest absolute Gasteiger partial charge is 0.469 e. The average Bonchev–Trinajstić information content (AvgIpc) is 2.65. The summed E-state index contributed by atoms with van der Waals surface area (Å²) in [6.07, 6.45) is 0.967. The topological polar surface area (TPSA) is 78.3 Å². The van der Waals surface area contributed by atoms with E-state index in [1.807, 2.05) is 18.2 Å². The number of oxazole rings is 1. The molecule has 84 valence electrons. The summed E-state index contributed by atoms with van der Waals surface area (Å²) in [5.41, 5.74) is 7.79. The first-order chi connectivity index (χ1) is 7.69. The first-order valence-electron chi connectivity index (χ1n) is 4.91. The molecule has 0 saturated carbocycles. The zero-order valence-corrected chi connectivity index (χ0v) is 8.90. The molecule has 0 aliphatic rings. The second-order valence-electron chi connectivity index (χ2n) is 3.43. The number of hydrogen-bond donors (Lipinski definition) is 1. The Kier molecular flexibility index (Phi) is 2.76. The Labute approximate surface area is 92.2 Å². The maximum atomic E-state index is 11.0. The van der Waals surface area contributed by atoms with Crippen LogP contribution in [0.1, 0.15) is 12.0 Å². The summed E-state index contributed by atoms with van der Waals surface area (Å²) in [4.78, 5) is 15.0. The van der Waals surface area contributed by atoms with Crippen LogP contribution in [-0.4, -0.2) is 18.1 Å². The fraction of sp³-hybridized carbons (Fsp3) is 0.273. The molecule has 0 atom stereocenters. The number of rotatable bonds is 3. The Hall–Kier alpha value is -2.04. The van der Waals surface area contributed by atoms with Gasteiger partial charge in [0.25, 0.3) is 6.01 Å². The Bertz CT molecular complexity index is 519. The molecule has 0 spiro atoms. The molecular formula is C11H12N2O3. The van der Waals surface area contributed by atoms with E-state index in [1.54, 1.807) is 0 Å². The number of hydrogen-bond acceptors (Lipinski definition) is 5. The fourth-order valence-electron chi connectivity index (χ4n) is 1.49. The third-order valence-corrected chi connectivity index (χ3v) is 2.31. The molecule has 2 rings (SSSR count). The quantitative estimate of drug-likeness (QED) is 0.793. The first-order valence-corrected chi connectivity index (χ1v) is 4.91. The average molecular weight is 220 g/mol. The van der Waals surface area contributed by atoms with Crippen LogP contribution >= 0.6 is 0 Å². The number of nitrogens with zero attached hydrogens (tertiary/aromatic N) is 1. The van der Waals surface area contributed by atoms with Crippen molar-refractivity contribution >= 4 is 23.1 Å². The molecular weight excluding hydrogens is 208 g/mol. The van der Waals surface area contributed by atoms with E-state index in [0.717, 1.165) is 11.1 Å². The van der Waals surface area contributed by atoms with Gasteiger partial charge in [0.05, 0.1) is 7.11 Å². The molecule has 0 fully saturated rings. The number of anilines is 1. The van der Waals surface area contributed by atoms with Crippen molar-refractivity contribution in [1.29, 1.82) is 0 Å². The highest BCUT2D eigenvalue weighted by molar-refractivity contribution is 5.75. The Morgan fingerprint density at radius 3 is 3.12 bits per heavy atom. The highest BCUT2D eigenvalue weighted by Gasteiger charge is 2.05. The number of nitrogen functional groups attached to an aromatic ring is 1. The van der Waals surface area contributed by atoms with E-state index < -0.39 is 0 Å². The zero-order chi connectivity index (χ0) is 11.5. The molecule has 0 bridgehead atoms. The molecule has 0 unspecified atom stereocenters. The van der Waals surface area contributed by atoms with Gasteiger partial charge in [-0.25, -0.2) is 0 Å². The summed E-state index contributed by atoms with van der Waals surface area (Å²) in [5.74, 6) is -0.225. The lowest BCUT2D eigenvalue weighted by Crippen LogP contribution is -2.01. The van der Waals surface area contributed by atoms with Crippen LogP contribution < -0.4 is 5.73 Å². The number of aryl methyl sites for hydroxylation is 1. The predicted molar refractivity (Wildman–Crippen MR) is 58.8 cm³/mol. The van der Waals surface area contributed by atoms with Crippen LogP contribution in [-0.2, 0) is 16.0 Å². The molecule has 5 heteroatoms. The SMILES string of the molecule is COC(=O)CCc1ccc2nc(N)oc2c1. The molecule has 2 aromatic rings. The number of fused-ring (bicyclic) bond motifs is 1. The Morgan fingerprint density at radius 1 is 1.56 bits per heavy atom. The van der Waals surface area contributed by atoms with Gasteiger partial charge in [-0.05, 0) is 24.1 Å². The first kappa shape index (κ1) is 10.5. The van der Waals surface area contributed by atoms with Crippen LogP contribution in [0.2, 0.25) is 0 Å². The normalized spacial score (nSPS) is 10.6. The van der Waals surface area contributed by atoms with E-state index in [1.165, 1.54) is 7.11 Å². The number of aromatic nitrogens is 1. The lowest BCUT2D eigenvalue weighted by atomic mass is 10.1.